The molecule has 2 bridgehead atoms. The molecule has 3 aliphatic carbocycles. The third-order valence-electron chi connectivity index (χ3n) is 5.24. The molecule has 0 heterocycles. The largest absolute Gasteiger partial charge is 0.299 e. The lowest BCUT2D eigenvalue weighted by Gasteiger charge is -2.34. The van der Waals surface area contributed by atoms with Crippen molar-refractivity contribution in [2.24, 2.45) is 29.6 Å². The third kappa shape index (κ3) is 1.64. The first-order valence-corrected chi connectivity index (χ1v) is 6.76. The molecule has 5 unspecified atom stereocenters. The summed E-state index contributed by atoms with van der Waals surface area (Å²) >= 11 is 0. The van der Waals surface area contributed by atoms with Crippen LogP contribution in [0.15, 0.2) is 0 Å². The summed E-state index contributed by atoms with van der Waals surface area (Å²) in [7, 11) is 0. The molecular weight excluding hydrogens is 184 g/mol. The third-order valence-corrected chi connectivity index (χ3v) is 5.24. The van der Waals surface area contributed by atoms with Crippen molar-refractivity contribution in [3.8, 4) is 0 Å². The molecule has 0 spiro atoms. The Hall–Kier alpha value is -0.330. The van der Waals surface area contributed by atoms with E-state index in [4.69, 9.17) is 0 Å². The lowest BCUT2D eigenvalue weighted by Crippen LogP contribution is -2.32. The maximum absolute atomic E-state index is 12.1. The van der Waals surface area contributed by atoms with Gasteiger partial charge in [-0.15, -0.1) is 0 Å². The summed E-state index contributed by atoms with van der Waals surface area (Å²) in [5, 5.41) is 0. The quantitative estimate of drug-likeness (QED) is 0.642. The summed E-state index contributed by atoms with van der Waals surface area (Å²) in [5.41, 5.74) is 0. The van der Waals surface area contributed by atoms with Crippen LogP contribution in [0.5, 0.6) is 0 Å². The number of fused-ring (bicyclic) bond motifs is 2. The number of ketones is 1. The average Bonchev–Trinajstić information content (AvgIpc) is 2.78. The Morgan fingerprint density at radius 3 is 2.53 bits per heavy atom. The number of rotatable bonds is 1. The van der Waals surface area contributed by atoms with Crippen molar-refractivity contribution in [2.45, 2.75) is 51.9 Å². The molecule has 3 rings (SSSR count). The van der Waals surface area contributed by atoms with Crippen molar-refractivity contribution in [3.63, 3.8) is 0 Å². The highest BCUT2D eigenvalue weighted by Crippen LogP contribution is 2.53. The summed E-state index contributed by atoms with van der Waals surface area (Å²) in [6.45, 7) is 2.23. The molecule has 0 radical (unpaired) electrons. The molecule has 1 heteroatoms. The lowest BCUT2D eigenvalue weighted by molar-refractivity contribution is -0.128. The predicted molar refractivity (Wildman–Crippen MR) is 60.5 cm³/mol. The van der Waals surface area contributed by atoms with E-state index in [9.17, 15) is 4.79 Å². The number of hydrogen-bond donors (Lipinski definition) is 0. The first-order chi connectivity index (χ1) is 7.24. The minimum atomic E-state index is 0.469. The fourth-order valence-corrected chi connectivity index (χ4v) is 4.46. The summed E-state index contributed by atoms with van der Waals surface area (Å²) in [5.74, 6) is 4.45. The number of Topliss-reactive ketones (excluding diaryl/α,β-unsaturated/α-hetero) is 1. The lowest BCUT2D eigenvalue weighted by atomic mass is 9.70. The molecule has 0 N–H and O–H groups in total. The van der Waals surface area contributed by atoms with Gasteiger partial charge in [0.05, 0.1) is 0 Å². The van der Waals surface area contributed by atoms with Crippen molar-refractivity contribution in [1.82, 2.24) is 0 Å². The highest BCUT2D eigenvalue weighted by atomic mass is 16.1. The van der Waals surface area contributed by atoms with E-state index in [1.54, 1.807) is 0 Å². The molecule has 0 saturated heterocycles. The Labute approximate surface area is 92.6 Å². The van der Waals surface area contributed by atoms with Gasteiger partial charge in [0.15, 0.2) is 0 Å². The molecule has 0 aromatic heterocycles. The Kier molecular flexibility index (Phi) is 2.37. The zero-order valence-electron chi connectivity index (χ0n) is 9.74. The summed E-state index contributed by atoms with van der Waals surface area (Å²) < 4.78 is 0. The van der Waals surface area contributed by atoms with Crippen LogP contribution in [0.1, 0.15) is 51.9 Å². The molecule has 15 heavy (non-hydrogen) atoms. The van der Waals surface area contributed by atoms with Crippen LogP contribution in [-0.2, 0) is 4.79 Å². The van der Waals surface area contributed by atoms with E-state index in [1.807, 2.05) is 0 Å². The molecule has 3 saturated carbocycles. The minimum absolute atomic E-state index is 0.469. The molecule has 84 valence electrons. The summed E-state index contributed by atoms with van der Waals surface area (Å²) in [6.07, 6.45) is 9.09. The van der Waals surface area contributed by atoms with Crippen LogP contribution in [0.2, 0.25) is 0 Å². The Balaban J connectivity index is 1.70. The van der Waals surface area contributed by atoms with Crippen molar-refractivity contribution in [1.29, 1.82) is 0 Å². The van der Waals surface area contributed by atoms with Crippen LogP contribution in [0.25, 0.3) is 0 Å². The van der Waals surface area contributed by atoms with Crippen LogP contribution in [0.4, 0.5) is 0 Å². The van der Waals surface area contributed by atoms with Crippen LogP contribution in [0.3, 0.4) is 0 Å². The van der Waals surface area contributed by atoms with Crippen LogP contribution < -0.4 is 0 Å². The van der Waals surface area contributed by atoms with Crippen LogP contribution in [-0.4, -0.2) is 5.78 Å². The molecular formula is C14H22O. The fraction of sp³-hybridized carbons (Fsp3) is 0.929. The maximum Gasteiger partial charge on any atom is 0.136 e. The molecule has 0 amide bonds. The van der Waals surface area contributed by atoms with E-state index in [0.717, 1.165) is 24.2 Å². The van der Waals surface area contributed by atoms with E-state index in [-0.39, 0.29) is 0 Å². The van der Waals surface area contributed by atoms with Crippen LogP contribution >= 0.6 is 0 Å². The van der Waals surface area contributed by atoms with E-state index in [2.05, 4.69) is 6.92 Å². The highest BCUT2D eigenvalue weighted by Gasteiger charge is 2.45. The van der Waals surface area contributed by atoms with E-state index in [1.165, 1.54) is 38.5 Å². The van der Waals surface area contributed by atoms with Crippen molar-refractivity contribution in [3.05, 3.63) is 0 Å². The van der Waals surface area contributed by atoms with Gasteiger partial charge in [-0.25, -0.2) is 0 Å². The van der Waals surface area contributed by atoms with Gasteiger partial charge in [-0.2, -0.15) is 0 Å². The summed E-state index contributed by atoms with van der Waals surface area (Å²) in [6, 6.07) is 0. The molecule has 0 aromatic rings. The first kappa shape index (κ1) is 9.86. The van der Waals surface area contributed by atoms with Crippen molar-refractivity contribution in [2.75, 3.05) is 0 Å². The Morgan fingerprint density at radius 1 is 1.07 bits per heavy atom. The SMILES string of the molecule is CC1CCC(C2CC3CCC2C3)C(=O)C1. The predicted octanol–water partition coefficient (Wildman–Crippen LogP) is 3.43. The van der Waals surface area contributed by atoms with E-state index >= 15 is 0 Å². The standard InChI is InChI=1S/C14H22O/c1-9-2-5-12(14(15)6-9)13-8-10-3-4-11(13)7-10/h9-13H,2-8H2,1H3. The van der Waals surface area contributed by atoms with Gasteiger partial charge < -0.3 is 0 Å². The highest BCUT2D eigenvalue weighted by molar-refractivity contribution is 5.82. The minimum Gasteiger partial charge on any atom is -0.299 e. The second-order valence-electron chi connectivity index (χ2n) is 6.30. The van der Waals surface area contributed by atoms with Gasteiger partial charge in [0.1, 0.15) is 5.78 Å². The maximum atomic E-state index is 12.1. The number of carbonyl (C=O) groups is 1. The van der Waals surface area contributed by atoms with Gasteiger partial charge in [0, 0.05) is 12.3 Å². The van der Waals surface area contributed by atoms with Crippen molar-refractivity contribution >= 4 is 5.78 Å². The van der Waals surface area contributed by atoms with Gasteiger partial charge in [0.2, 0.25) is 0 Å². The van der Waals surface area contributed by atoms with E-state index < -0.39 is 0 Å². The van der Waals surface area contributed by atoms with Gasteiger partial charge in [0.25, 0.3) is 0 Å². The molecule has 0 aliphatic heterocycles. The second kappa shape index (κ2) is 3.61. The fourth-order valence-electron chi connectivity index (χ4n) is 4.46. The monoisotopic (exact) mass is 206 g/mol. The number of carbonyl (C=O) groups excluding carboxylic acids is 1. The smallest absolute Gasteiger partial charge is 0.136 e. The van der Waals surface area contributed by atoms with E-state index in [0.29, 0.717) is 17.6 Å². The topological polar surface area (TPSA) is 17.1 Å². The second-order valence-corrected chi connectivity index (χ2v) is 6.30. The number of hydrogen-bond acceptors (Lipinski definition) is 1. The molecule has 5 atom stereocenters. The molecule has 3 aliphatic rings. The molecule has 3 fully saturated rings. The van der Waals surface area contributed by atoms with Gasteiger partial charge in [-0.05, 0) is 55.8 Å². The molecule has 1 nitrogen and oxygen atoms in total. The zero-order chi connectivity index (χ0) is 10.4. The summed E-state index contributed by atoms with van der Waals surface area (Å²) in [4.78, 5) is 12.1. The normalized spacial score (nSPS) is 49.9. The Morgan fingerprint density at radius 2 is 1.93 bits per heavy atom. The average molecular weight is 206 g/mol. The van der Waals surface area contributed by atoms with Gasteiger partial charge in [-0.3, -0.25) is 4.79 Å². The Bertz CT molecular complexity index is 271. The van der Waals surface area contributed by atoms with Crippen molar-refractivity contribution < 1.29 is 4.79 Å². The van der Waals surface area contributed by atoms with Gasteiger partial charge in [-0.1, -0.05) is 13.3 Å². The zero-order valence-corrected chi connectivity index (χ0v) is 9.74. The van der Waals surface area contributed by atoms with Gasteiger partial charge >= 0.3 is 0 Å². The first-order valence-electron chi connectivity index (χ1n) is 6.76. The molecule has 0 aromatic carbocycles. The van der Waals surface area contributed by atoms with Crippen LogP contribution in [0, 0.1) is 29.6 Å².